The lowest BCUT2D eigenvalue weighted by Crippen LogP contribution is -1.91. The van der Waals surface area contributed by atoms with Crippen molar-refractivity contribution in [3.63, 3.8) is 0 Å². The highest BCUT2D eigenvalue weighted by Gasteiger charge is 1.98. The number of para-hydroxylation sites is 1. The number of alkyl halides is 2. The van der Waals surface area contributed by atoms with Gasteiger partial charge in [0.1, 0.15) is 11.3 Å². The lowest BCUT2D eigenvalue weighted by atomic mass is 10.2. The van der Waals surface area contributed by atoms with Crippen LogP contribution in [0.2, 0.25) is 0 Å². The van der Waals surface area contributed by atoms with Crippen LogP contribution in [0.25, 0.3) is 0 Å². The predicted molar refractivity (Wildman–Crippen MR) is 53.5 cm³/mol. The van der Waals surface area contributed by atoms with Crippen LogP contribution in [-0.4, -0.2) is 5.52 Å². The van der Waals surface area contributed by atoms with E-state index in [0.29, 0.717) is 5.52 Å². The average molecular weight is 280 g/mol. The van der Waals surface area contributed by atoms with E-state index in [0.717, 1.165) is 11.1 Å². The molecular weight excluding hydrogens is 272 g/mol. The minimum Gasteiger partial charge on any atom is -0.482 e. The summed E-state index contributed by atoms with van der Waals surface area (Å²) in [7, 11) is 0. The summed E-state index contributed by atoms with van der Waals surface area (Å²) in [4.78, 5) is 0. The lowest BCUT2D eigenvalue weighted by molar-refractivity contribution is 0.395. The van der Waals surface area contributed by atoms with Gasteiger partial charge in [-0.15, -0.1) is 0 Å². The van der Waals surface area contributed by atoms with Crippen molar-refractivity contribution in [2.45, 2.75) is 5.33 Å². The van der Waals surface area contributed by atoms with Crippen LogP contribution in [-0.2, 0) is 5.33 Å². The summed E-state index contributed by atoms with van der Waals surface area (Å²) in [5, 5.41) is 0.830. The molecule has 0 aliphatic rings. The number of hydrogen-bond acceptors (Lipinski definition) is 1. The Morgan fingerprint density at radius 2 is 1.91 bits per heavy atom. The van der Waals surface area contributed by atoms with E-state index in [-0.39, 0.29) is 0 Å². The van der Waals surface area contributed by atoms with Crippen molar-refractivity contribution in [3.8, 4) is 5.75 Å². The van der Waals surface area contributed by atoms with Gasteiger partial charge in [-0.3, -0.25) is 0 Å². The molecule has 0 saturated carbocycles. The average Bonchev–Trinajstić information content (AvgIpc) is 2.06. The zero-order chi connectivity index (χ0) is 8.10. The van der Waals surface area contributed by atoms with E-state index >= 15 is 0 Å². The van der Waals surface area contributed by atoms with E-state index in [1.807, 2.05) is 24.3 Å². The van der Waals surface area contributed by atoms with E-state index in [2.05, 4.69) is 31.9 Å². The molecule has 0 aliphatic carbocycles. The van der Waals surface area contributed by atoms with Crippen molar-refractivity contribution in [2.24, 2.45) is 0 Å². The first-order valence-corrected chi connectivity index (χ1v) is 5.45. The maximum Gasteiger partial charge on any atom is 0.143 e. The molecule has 0 saturated heterocycles. The predicted octanol–water partition coefficient (Wildman–Crippen LogP) is 3.31. The zero-order valence-electron chi connectivity index (χ0n) is 5.89. The topological polar surface area (TPSA) is 9.23 Å². The van der Waals surface area contributed by atoms with E-state index in [1.165, 1.54) is 5.56 Å². The molecule has 0 fully saturated rings. The maximum absolute atomic E-state index is 5.31. The number of hydrogen-bond donors (Lipinski definition) is 0. The van der Waals surface area contributed by atoms with Crippen LogP contribution in [0.5, 0.6) is 5.75 Å². The second kappa shape index (κ2) is 4.78. The van der Waals surface area contributed by atoms with Crippen molar-refractivity contribution in [3.05, 3.63) is 29.8 Å². The quantitative estimate of drug-likeness (QED) is 0.772. The second-order valence-electron chi connectivity index (χ2n) is 1.99. The van der Waals surface area contributed by atoms with E-state index in [9.17, 15) is 0 Å². The van der Waals surface area contributed by atoms with Gasteiger partial charge in [0.05, 0.1) is 0 Å². The Hall–Kier alpha value is -0.0200. The summed E-state index contributed by atoms with van der Waals surface area (Å²) in [5.74, 6) is 0.932. The summed E-state index contributed by atoms with van der Waals surface area (Å²) in [6, 6.07) is 7.95. The number of ether oxygens (including phenoxy) is 1. The molecule has 0 radical (unpaired) electrons. The molecule has 0 heterocycles. The van der Waals surface area contributed by atoms with Gasteiger partial charge in [0.2, 0.25) is 0 Å². The standard InChI is InChI=1S/C8H8Br2O/c9-5-7-3-1-2-4-8(7)11-6-10/h1-4H,5-6H2. The van der Waals surface area contributed by atoms with Gasteiger partial charge >= 0.3 is 0 Å². The fourth-order valence-electron chi connectivity index (χ4n) is 0.814. The fraction of sp³-hybridized carbons (Fsp3) is 0.250. The minimum atomic E-state index is 0.539. The van der Waals surface area contributed by atoms with Crippen molar-refractivity contribution in [2.75, 3.05) is 5.52 Å². The second-order valence-corrected chi connectivity index (χ2v) is 3.01. The molecular formula is C8H8Br2O. The van der Waals surface area contributed by atoms with Crippen LogP contribution >= 0.6 is 31.9 Å². The van der Waals surface area contributed by atoms with Gasteiger partial charge in [-0.2, -0.15) is 0 Å². The molecule has 1 nitrogen and oxygen atoms in total. The summed E-state index contributed by atoms with van der Waals surface area (Å²) in [6.07, 6.45) is 0. The number of benzene rings is 1. The largest absolute Gasteiger partial charge is 0.482 e. The van der Waals surface area contributed by atoms with Gasteiger partial charge in [0.25, 0.3) is 0 Å². The smallest absolute Gasteiger partial charge is 0.143 e. The first kappa shape index (κ1) is 9.07. The molecule has 0 aliphatic heterocycles. The molecule has 60 valence electrons. The van der Waals surface area contributed by atoms with E-state index in [4.69, 9.17) is 4.74 Å². The maximum atomic E-state index is 5.31. The molecule has 1 aromatic carbocycles. The summed E-state index contributed by atoms with van der Waals surface area (Å²) >= 11 is 6.59. The Morgan fingerprint density at radius 3 is 2.55 bits per heavy atom. The van der Waals surface area contributed by atoms with Crippen molar-refractivity contribution in [1.29, 1.82) is 0 Å². The molecule has 0 amide bonds. The summed E-state index contributed by atoms with van der Waals surface area (Å²) in [6.45, 7) is 0. The van der Waals surface area contributed by atoms with Gasteiger partial charge in [0, 0.05) is 10.9 Å². The third-order valence-electron chi connectivity index (χ3n) is 1.33. The fourth-order valence-corrected chi connectivity index (χ4v) is 1.52. The Morgan fingerprint density at radius 1 is 1.18 bits per heavy atom. The number of halogens is 2. The third kappa shape index (κ3) is 2.49. The van der Waals surface area contributed by atoms with E-state index < -0.39 is 0 Å². The Bertz CT molecular complexity index is 225. The van der Waals surface area contributed by atoms with Crippen LogP contribution in [0.15, 0.2) is 24.3 Å². The molecule has 0 unspecified atom stereocenters. The van der Waals surface area contributed by atoms with Gasteiger partial charge in [-0.25, -0.2) is 0 Å². The lowest BCUT2D eigenvalue weighted by Gasteiger charge is -2.05. The minimum absolute atomic E-state index is 0.539. The first-order chi connectivity index (χ1) is 5.38. The van der Waals surface area contributed by atoms with Gasteiger partial charge in [-0.05, 0) is 22.0 Å². The monoisotopic (exact) mass is 278 g/mol. The molecule has 11 heavy (non-hydrogen) atoms. The molecule has 3 heteroatoms. The molecule has 0 atom stereocenters. The van der Waals surface area contributed by atoms with Crippen molar-refractivity contribution < 1.29 is 4.74 Å². The van der Waals surface area contributed by atoms with Crippen molar-refractivity contribution >= 4 is 31.9 Å². The molecule has 0 spiro atoms. The summed E-state index contributed by atoms with van der Waals surface area (Å²) in [5.41, 5.74) is 1.71. The van der Waals surface area contributed by atoms with Crippen LogP contribution in [0, 0.1) is 0 Å². The van der Waals surface area contributed by atoms with Crippen molar-refractivity contribution in [1.82, 2.24) is 0 Å². The number of rotatable bonds is 3. The molecule has 0 bridgehead atoms. The Balaban J connectivity index is 2.83. The Labute approximate surface area is 83.0 Å². The normalized spacial score (nSPS) is 9.64. The van der Waals surface area contributed by atoms with Crippen LogP contribution in [0.3, 0.4) is 0 Å². The zero-order valence-corrected chi connectivity index (χ0v) is 9.06. The summed E-state index contributed by atoms with van der Waals surface area (Å²) < 4.78 is 5.31. The van der Waals surface area contributed by atoms with E-state index in [1.54, 1.807) is 0 Å². The van der Waals surface area contributed by atoms with Gasteiger partial charge in [-0.1, -0.05) is 34.1 Å². The van der Waals surface area contributed by atoms with Crippen LogP contribution in [0.1, 0.15) is 5.56 Å². The highest BCUT2D eigenvalue weighted by Crippen LogP contribution is 2.20. The SMILES string of the molecule is BrCOc1ccccc1CBr. The third-order valence-corrected chi connectivity index (χ3v) is 2.16. The molecule has 1 aromatic rings. The molecule has 1 rings (SSSR count). The molecule has 0 aromatic heterocycles. The van der Waals surface area contributed by atoms with Gasteiger partial charge in [0.15, 0.2) is 0 Å². The van der Waals surface area contributed by atoms with Crippen LogP contribution in [0.4, 0.5) is 0 Å². The first-order valence-electron chi connectivity index (χ1n) is 3.21. The molecule has 0 N–H and O–H groups in total. The highest BCUT2D eigenvalue weighted by atomic mass is 79.9. The highest BCUT2D eigenvalue weighted by molar-refractivity contribution is 9.09. The van der Waals surface area contributed by atoms with Gasteiger partial charge < -0.3 is 4.74 Å². The van der Waals surface area contributed by atoms with Crippen LogP contribution < -0.4 is 4.74 Å². The Kier molecular flexibility index (Phi) is 3.94.